The van der Waals surface area contributed by atoms with E-state index >= 15 is 0 Å². The second-order valence-electron chi connectivity index (χ2n) is 4.04. The Balaban J connectivity index is 3.03. The van der Waals surface area contributed by atoms with Gasteiger partial charge in [0.2, 0.25) is 0 Å². The number of ether oxygens (including phenoxy) is 1. The molecule has 0 saturated heterocycles. The van der Waals surface area contributed by atoms with Gasteiger partial charge in [-0.1, -0.05) is 13.0 Å². The molecular weight excluding hydrogens is 292 g/mol. The van der Waals surface area contributed by atoms with Crippen molar-refractivity contribution in [3.63, 3.8) is 0 Å². The Bertz CT molecular complexity index is 510. The molecule has 0 radical (unpaired) electrons. The van der Waals surface area contributed by atoms with Crippen LogP contribution in [0.2, 0.25) is 0 Å². The number of nitrogens with one attached hydrogen (secondary N) is 2. The lowest BCUT2D eigenvalue weighted by atomic mass is 10.1. The molecule has 1 heterocycles. The van der Waals surface area contributed by atoms with Crippen LogP contribution >= 0.6 is 23.6 Å². The Kier molecular flexibility index (Phi) is 6.67. The van der Waals surface area contributed by atoms with Crippen molar-refractivity contribution in [2.75, 3.05) is 18.5 Å². The minimum atomic E-state index is -0.303. The maximum atomic E-state index is 12.1. The second-order valence-corrected chi connectivity index (χ2v) is 5.67. The highest BCUT2D eigenvalue weighted by atomic mass is 32.1. The fraction of sp³-hybridized carbons (Fsp3) is 0.429. The van der Waals surface area contributed by atoms with Crippen LogP contribution in [0.4, 0.5) is 5.00 Å². The number of hydrogen-bond donors (Lipinski definition) is 2. The number of carbonyl (C=O) groups excluding carboxylic acids is 1. The fourth-order valence-corrected chi connectivity index (χ4v) is 3.21. The predicted octanol–water partition coefficient (Wildman–Crippen LogP) is 3.27. The number of anilines is 1. The van der Waals surface area contributed by atoms with Gasteiger partial charge in [0.15, 0.2) is 5.11 Å². The van der Waals surface area contributed by atoms with Crippen molar-refractivity contribution in [1.29, 1.82) is 0 Å². The summed E-state index contributed by atoms with van der Waals surface area (Å²) in [4.78, 5) is 13.2. The first kappa shape index (κ1) is 16.7. The molecule has 0 aliphatic rings. The van der Waals surface area contributed by atoms with Gasteiger partial charge < -0.3 is 15.4 Å². The second kappa shape index (κ2) is 8.01. The number of hydrogen-bond acceptors (Lipinski definition) is 4. The minimum absolute atomic E-state index is 0.303. The van der Waals surface area contributed by atoms with Gasteiger partial charge in [-0.05, 0) is 38.0 Å². The largest absolute Gasteiger partial charge is 0.462 e. The number of rotatable bonds is 6. The Morgan fingerprint density at radius 3 is 2.75 bits per heavy atom. The fourth-order valence-electron chi connectivity index (χ4n) is 1.82. The molecule has 0 aliphatic carbocycles. The molecule has 0 atom stereocenters. The van der Waals surface area contributed by atoms with Crippen molar-refractivity contribution in [3.05, 3.63) is 28.7 Å². The minimum Gasteiger partial charge on any atom is -0.462 e. The van der Waals surface area contributed by atoms with Crippen LogP contribution < -0.4 is 10.6 Å². The zero-order valence-electron chi connectivity index (χ0n) is 12.0. The molecule has 110 valence electrons. The predicted molar refractivity (Wildman–Crippen MR) is 88.8 cm³/mol. The van der Waals surface area contributed by atoms with Gasteiger partial charge in [0.05, 0.1) is 12.2 Å². The Morgan fingerprint density at radius 1 is 1.50 bits per heavy atom. The quantitative estimate of drug-likeness (QED) is 0.480. The zero-order chi connectivity index (χ0) is 15.1. The van der Waals surface area contributed by atoms with Gasteiger partial charge in [0.25, 0.3) is 0 Å². The van der Waals surface area contributed by atoms with E-state index in [1.54, 1.807) is 13.0 Å². The average molecular weight is 312 g/mol. The summed E-state index contributed by atoms with van der Waals surface area (Å²) in [6, 6.07) is 0. The maximum Gasteiger partial charge on any atom is 0.341 e. The molecule has 0 aliphatic heterocycles. The first-order chi connectivity index (χ1) is 9.54. The van der Waals surface area contributed by atoms with Crippen molar-refractivity contribution < 1.29 is 9.53 Å². The molecule has 0 bridgehead atoms. The molecule has 0 fully saturated rings. The van der Waals surface area contributed by atoms with E-state index in [-0.39, 0.29) is 5.97 Å². The SMILES string of the molecule is C=CCNC(=S)Nc1sc(C)c(CC)c1C(=O)OCC. The monoisotopic (exact) mass is 312 g/mol. The molecule has 6 heteroatoms. The molecule has 0 spiro atoms. The smallest absolute Gasteiger partial charge is 0.341 e. The van der Waals surface area contributed by atoms with Gasteiger partial charge in [0.1, 0.15) is 5.00 Å². The van der Waals surface area contributed by atoms with Crippen molar-refractivity contribution in [1.82, 2.24) is 5.32 Å². The van der Waals surface area contributed by atoms with E-state index in [9.17, 15) is 4.79 Å². The van der Waals surface area contributed by atoms with Crippen LogP contribution in [0.25, 0.3) is 0 Å². The lowest BCUT2D eigenvalue weighted by Crippen LogP contribution is -2.28. The summed E-state index contributed by atoms with van der Waals surface area (Å²) in [7, 11) is 0. The summed E-state index contributed by atoms with van der Waals surface area (Å²) >= 11 is 6.70. The summed E-state index contributed by atoms with van der Waals surface area (Å²) in [6.45, 7) is 10.4. The van der Waals surface area contributed by atoms with E-state index in [0.717, 1.165) is 21.9 Å². The normalized spacial score (nSPS) is 9.95. The first-order valence-electron chi connectivity index (χ1n) is 6.50. The van der Waals surface area contributed by atoms with Gasteiger partial charge in [-0.3, -0.25) is 0 Å². The summed E-state index contributed by atoms with van der Waals surface area (Å²) in [5.74, 6) is -0.303. The molecule has 0 unspecified atom stereocenters. The number of aryl methyl sites for hydroxylation is 1. The number of thiophene rings is 1. The molecule has 1 aromatic rings. The van der Waals surface area contributed by atoms with Crippen LogP contribution in [0.5, 0.6) is 0 Å². The topological polar surface area (TPSA) is 50.4 Å². The number of thiocarbonyl (C=S) groups is 1. The van der Waals surface area contributed by atoms with Gasteiger partial charge >= 0.3 is 5.97 Å². The van der Waals surface area contributed by atoms with Gasteiger partial charge in [0, 0.05) is 11.4 Å². The van der Waals surface area contributed by atoms with Gasteiger partial charge in [-0.25, -0.2) is 4.79 Å². The van der Waals surface area contributed by atoms with Crippen molar-refractivity contribution >= 4 is 39.6 Å². The molecule has 2 N–H and O–H groups in total. The summed E-state index contributed by atoms with van der Waals surface area (Å²) in [6.07, 6.45) is 2.50. The average Bonchev–Trinajstić information content (AvgIpc) is 2.72. The molecule has 1 rings (SSSR count). The van der Waals surface area contributed by atoms with Crippen LogP contribution in [0.1, 0.15) is 34.6 Å². The van der Waals surface area contributed by atoms with Crippen molar-refractivity contribution in [2.24, 2.45) is 0 Å². The number of carbonyl (C=O) groups is 1. The summed E-state index contributed by atoms with van der Waals surface area (Å²) in [5.41, 5.74) is 1.61. The highest BCUT2D eigenvalue weighted by Gasteiger charge is 2.22. The van der Waals surface area contributed by atoms with Gasteiger partial charge in [-0.15, -0.1) is 17.9 Å². The standard InChI is InChI=1S/C14H20N2O2S2/c1-5-8-15-14(19)16-12-11(13(17)18-7-3)10(6-2)9(4)20-12/h5H,1,6-8H2,2-4H3,(H2,15,16,19). The molecule has 20 heavy (non-hydrogen) atoms. The van der Waals surface area contributed by atoms with E-state index in [2.05, 4.69) is 17.2 Å². The lowest BCUT2D eigenvalue weighted by molar-refractivity contribution is 0.0527. The van der Waals surface area contributed by atoms with Crippen LogP contribution in [0.15, 0.2) is 12.7 Å². The highest BCUT2D eigenvalue weighted by molar-refractivity contribution is 7.80. The van der Waals surface area contributed by atoms with E-state index < -0.39 is 0 Å². The Morgan fingerprint density at radius 2 is 2.20 bits per heavy atom. The molecule has 1 aromatic heterocycles. The third-order valence-electron chi connectivity index (χ3n) is 2.68. The molecule has 0 saturated carbocycles. The van der Waals surface area contributed by atoms with Gasteiger partial charge in [-0.2, -0.15) is 0 Å². The molecular formula is C14H20N2O2S2. The van der Waals surface area contributed by atoms with Crippen LogP contribution in [-0.4, -0.2) is 24.2 Å². The highest BCUT2D eigenvalue weighted by Crippen LogP contribution is 2.34. The third kappa shape index (κ3) is 4.05. The molecule has 4 nitrogen and oxygen atoms in total. The van der Waals surface area contributed by atoms with Crippen LogP contribution in [-0.2, 0) is 11.2 Å². The van der Waals surface area contributed by atoms with Crippen LogP contribution in [0, 0.1) is 6.92 Å². The Labute approximate surface area is 129 Å². The van der Waals surface area contributed by atoms with E-state index in [1.807, 2.05) is 13.8 Å². The Hall–Kier alpha value is -1.40. The lowest BCUT2D eigenvalue weighted by Gasteiger charge is -2.10. The molecule has 0 aromatic carbocycles. The first-order valence-corrected chi connectivity index (χ1v) is 7.72. The van der Waals surface area contributed by atoms with Crippen molar-refractivity contribution in [2.45, 2.75) is 27.2 Å². The van der Waals surface area contributed by atoms with E-state index in [0.29, 0.717) is 23.8 Å². The van der Waals surface area contributed by atoms with Crippen LogP contribution in [0.3, 0.4) is 0 Å². The zero-order valence-corrected chi connectivity index (χ0v) is 13.7. The summed E-state index contributed by atoms with van der Waals surface area (Å²) < 4.78 is 5.14. The van der Waals surface area contributed by atoms with E-state index in [1.165, 1.54) is 11.3 Å². The summed E-state index contributed by atoms with van der Waals surface area (Å²) in [5, 5.41) is 7.26. The number of esters is 1. The van der Waals surface area contributed by atoms with E-state index in [4.69, 9.17) is 17.0 Å². The van der Waals surface area contributed by atoms with Crippen molar-refractivity contribution in [3.8, 4) is 0 Å². The third-order valence-corrected chi connectivity index (χ3v) is 3.99. The molecule has 0 amide bonds. The maximum absolute atomic E-state index is 12.1.